The van der Waals surface area contributed by atoms with E-state index in [1.807, 2.05) is 18.2 Å². The summed E-state index contributed by atoms with van der Waals surface area (Å²) in [5.41, 5.74) is 7.24. The maximum Gasteiger partial charge on any atom is 0.127 e. The average molecular weight is 391 g/mol. The van der Waals surface area contributed by atoms with E-state index in [1.54, 1.807) is 12.1 Å². The van der Waals surface area contributed by atoms with E-state index in [0.717, 1.165) is 13.8 Å². The zero-order chi connectivity index (χ0) is 13.1. The summed E-state index contributed by atoms with van der Waals surface area (Å²) in [4.78, 5) is 0.948. The Morgan fingerprint density at radius 3 is 2.50 bits per heavy atom. The second kappa shape index (κ2) is 6.08. The van der Waals surface area contributed by atoms with E-state index in [-0.39, 0.29) is 5.82 Å². The van der Waals surface area contributed by atoms with Crippen molar-refractivity contribution >= 4 is 49.3 Å². The monoisotopic (exact) mass is 389 g/mol. The lowest BCUT2D eigenvalue weighted by Crippen LogP contribution is -1.91. The molecule has 2 N–H and O–H groups in total. The number of hydrogen-bond acceptors (Lipinski definition) is 2. The number of nitrogen functional groups attached to an aromatic ring is 1. The molecule has 0 aliphatic carbocycles. The largest absolute Gasteiger partial charge is 0.398 e. The molecule has 2 aromatic carbocycles. The summed E-state index contributed by atoms with van der Waals surface area (Å²) in [7, 11) is 0. The fourth-order valence-corrected chi connectivity index (χ4v) is 3.34. The van der Waals surface area contributed by atoms with Gasteiger partial charge in [-0.25, -0.2) is 4.39 Å². The molecule has 0 radical (unpaired) electrons. The van der Waals surface area contributed by atoms with Crippen LogP contribution in [0.1, 0.15) is 5.56 Å². The van der Waals surface area contributed by atoms with Gasteiger partial charge in [0.1, 0.15) is 5.82 Å². The molecule has 0 spiro atoms. The molecular formula is C13H10Br2FNS. The standard InChI is InChI=1S/C13H10Br2FNS/c14-9-1-3-11(16)8(5-9)7-18-13-6-10(15)2-4-12(13)17/h1-6H,7,17H2. The van der Waals surface area contributed by atoms with Crippen LogP contribution in [-0.4, -0.2) is 0 Å². The summed E-state index contributed by atoms with van der Waals surface area (Å²) >= 11 is 8.26. The lowest BCUT2D eigenvalue weighted by Gasteiger charge is -2.07. The van der Waals surface area contributed by atoms with Gasteiger partial charge in [-0.15, -0.1) is 11.8 Å². The predicted molar refractivity (Wildman–Crippen MR) is 82.2 cm³/mol. The van der Waals surface area contributed by atoms with E-state index in [0.29, 0.717) is 17.0 Å². The van der Waals surface area contributed by atoms with Crippen molar-refractivity contribution in [2.75, 3.05) is 5.73 Å². The highest BCUT2D eigenvalue weighted by Gasteiger charge is 2.06. The first-order valence-corrected chi connectivity index (χ1v) is 7.75. The molecule has 0 fully saturated rings. The quantitative estimate of drug-likeness (QED) is 0.573. The molecule has 0 atom stereocenters. The van der Waals surface area contributed by atoms with Crippen molar-refractivity contribution < 1.29 is 4.39 Å². The van der Waals surface area contributed by atoms with E-state index in [2.05, 4.69) is 31.9 Å². The molecule has 0 saturated heterocycles. The Morgan fingerprint density at radius 2 is 1.72 bits per heavy atom. The number of hydrogen-bond donors (Lipinski definition) is 1. The molecule has 0 heterocycles. The van der Waals surface area contributed by atoms with Crippen molar-refractivity contribution in [3.8, 4) is 0 Å². The number of anilines is 1. The highest BCUT2D eigenvalue weighted by Crippen LogP contribution is 2.31. The summed E-state index contributed by atoms with van der Waals surface area (Å²) in [5.74, 6) is 0.352. The molecule has 18 heavy (non-hydrogen) atoms. The summed E-state index contributed by atoms with van der Waals surface area (Å²) in [6.07, 6.45) is 0. The van der Waals surface area contributed by atoms with Gasteiger partial charge in [-0.1, -0.05) is 31.9 Å². The fourth-order valence-electron chi connectivity index (χ4n) is 1.44. The van der Waals surface area contributed by atoms with Crippen LogP contribution in [0.25, 0.3) is 0 Å². The van der Waals surface area contributed by atoms with Crippen molar-refractivity contribution in [1.82, 2.24) is 0 Å². The average Bonchev–Trinajstić information content (AvgIpc) is 2.34. The van der Waals surface area contributed by atoms with Gasteiger partial charge in [0, 0.05) is 25.3 Å². The molecule has 0 aliphatic heterocycles. The third kappa shape index (κ3) is 3.49. The third-order valence-electron chi connectivity index (χ3n) is 2.37. The molecule has 0 aliphatic rings. The fraction of sp³-hybridized carbons (Fsp3) is 0.0769. The van der Waals surface area contributed by atoms with E-state index >= 15 is 0 Å². The van der Waals surface area contributed by atoms with Gasteiger partial charge in [0.2, 0.25) is 0 Å². The zero-order valence-corrected chi connectivity index (χ0v) is 13.3. The van der Waals surface area contributed by atoms with Crippen molar-refractivity contribution in [1.29, 1.82) is 0 Å². The maximum atomic E-state index is 13.6. The van der Waals surface area contributed by atoms with Crippen LogP contribution in [0.5, 0.6) is 0 Å². The van der Waals surface area contributed by atoms with Crippen LogP contribution < -0.4 is 5.73 Å². The van der Waals surface area contributed by atoms with Crippen LogP contribution in [0.4, 0.5) is 10.1 Å². The third-order valence-corrected chi connectivity index (χ3v) is 4.47. The van der Waals surface area contributed by atoms with E-state index < -0.39 is 0 Å². The highest BCUT2D eigenvalue weighted by atomic mass is 79.9. The van der Waals surface area contributed by atoms with Crippen LogP contribution in [0.3, 0.4) is 0 Å². The van der Waals surface area contributed by atoms with Crippen molar-refractivity contribution in [2.24, 2.45) is 0 Å². The second-order valence-electron chi connectivity index (χ2n) is 3.71. The first-order valence-electron chi connectivity index (χ1n) is 5.18. The Morgan fingerprint density at radius 1 is 1.06 bits per heavy atom. The topological polar surface area (TPSA) is 26.0 Å². The van der Waals surface area contributed by atoms with Gasteiger partial charge in [0.25, 0.3) is 0 Å². The molecule has 2 aromatic rings. The van der Waals surface area contributed by atoms with Gasteiger partial charge in [0.05, 0.1) is 0 Å². The molecule has 94 valence electrons. The lowest BCUT2D eigenvalue weighted by molar-refractivity contribution is 0.617. The van der Waals surface area contributed by atoms with Crippen molar-refractivity contribution in [3.63, 3.8) is 0 Å². The molecule has 1 nitrogen and oxygen atoms in total. The van der Waals surface area contributed by atoms with E-state index in [9.17, 15) is 4.39 Å². The Labute approximate surface area is 126 Å². The maximum absolute atomic E-state index is 13.6. The smallest absolute Gasteiger partial charge is 0.127 e. The minimum atomic E-state index is -0.195. The Bertz CT molecular complexity index is 523. The molecule has 0 amide bonds. The van der Waals surface area contributed by atoms with Gasteiger partial charge in [-0.3, -0.25) is 0 Å². The Balaban J connectivity index is 2.16. The van der Waals surface area contributed by atoms with E-state index in [1.165, 1.54) is 17.8 Å². The minimum Gasteiger partial charge on any atom is -0.398 e. The minimum absolute atomic E-state index is 0.195. The van der Waals surface area contributed by atoms with Crippen LogP contribution >= 0.6 is 43.6 Å². The molecule has 5 heteroatoms. The molecule has 2 rings (SSSR count). The summed E-state index contributed by atoms with van der Waals surface area (Å²) in [6, 6.07) is 10.6. The zero-order valence-electron chi connectivity index (χ0n) is 9.29. The van der Waals surface area contributed by atoms with Gasteiger partial charge in [0.15, 0.2) is 0 Å². The molecule has 0 aromatic heterocycles. The van der Waals surface area contributed by atoms with Crippen LogP contribution in [0, 0.1) is 5.82 Å². The number of rotatable bonds is 3. The number of thioether (sulfide) groups is 1. The van der Waals surface area contributed by atoms with Crippen LogP contribution in [0.2, 0.25) is 0 Å². The molecule has 0 unspecified atom stereocenters. The van der Waals surface area contributed by atoms with Crippen molar-refractivity contribution in [2.45, 2.75) is 10.6 Å². The first-order chi connectivity index (χ1) is 8.56. The lowest BCUT2D eigenvalue weighted by atomic mass is 10.2. The van der Waals surface area contributed by atoms with Crippen LogP contribution in [-0.2, 0) is 5.75 Å². The van der Waals surface area contributed by atoms with Gasteiger partial charge in [-0.2, -0.15) is 0 Å². The molecule has 0 saturated carbocycles. The van der Waals surface area contributed by atoms with Crippen molar-refractivity contribution in [3.05, 3.63) is 56.7 Å². The number of benzene rings is 2. The Kier molecular flexibility index (Phi) is 4.70. The van der Waals surface area contributed by atoms with E-state index in [4.69, 9.17) is 5.73 Å². The summed E-state index contributed by atoms with van der Waals surface area (Å²) < 4.78 is 15.4. The normalized spacial score (nSPS) is 10.6. The SMILES string of the molecule is Nc1ccc(Br)cc1SCc1cc(Br)ccc1F. The van der Waals surface area contributed by atoms with Gasteiger partial charge in [-0.05, 0) is 42.0 Å². The van der Waals surface area contributed by atoms with Gasteiger partial charge >= 0.3 is 0 Å². The number of nitrogens with two attached hydrogens (primary N) is 1. The highest BCUT2D eigenvalue weighted by molar-refractivity contribution is 9.10. The predicted octanol–water partition coefficient (Wildman–Crippen LogP) is 5.23. The van der Waals surface area contributed by atoms with Gasteiger partial charge < -0.3 is 5.73 Å². The summed E-state index contributed by atoms with van der Waals surface area (Å²) in [6.45, 7) is 0. The Hall–Kier alpha value is -0.520. The van der Waals surface area contributed by atoms with Crippen LogP contribution in [0.15, 0.2) is 50.2 Å². The second-order valence-corrected chi connectivity index (χ2v) is 6.56. The first kappa shape index (κ1) is 13.9. The number of halogens is 3. The molecule has 0 bridgehead atoms. The molecular weight excluding hydrogens is 381 g/mol. The summed E-state index contributed by atoms with van der Waals surface area (Å²) in [5, 5.41) is 0.